The molecule has 1 aromatic carbocycles. The van der Waals surface area contributed by atoms with Crippen molar-refractivity contribution in [3.63, 3.8) is 0 Å². The highest BCUT2D eigenvalue weighted by molar-refractivity contribution is 5.93. The number of aromatic nitrogens is 1. The van der Waals surface area contributed by atoms with E-state index in [1.54, 1.807) is 4.90 Å². The molecule has 0 radical (unpaired) electrons. The average molecular weight is 367 g/mol. The van der Waals surface area contributed by atoms with Gasteiger partial charge in [0.2, 0.25) is 0 Å². The van der Waals surface area contributed by atoms with Crippen LogP contribution in [0, 0.1) is 18.3 Å². The highest BCUT2D eigenvalue weighted by Gasteiger charge is 2.32. The van der Waals surface area contributed by atoms with Gasteiger partial charge in [-0.15, -0.1) is 0 Å². The molecule has 1 aliphatic heterocycles. The van der Waals surface area contributed by atoms with Crippen molar-refractivity contribution in [2.45, 2.75) is 38.3 Å². The Hall–Kier alpha value is -2.61. The number of hydrogen-bond acceptors (Lipinski definition) is 2. The number of nitriles is 1. The molecule has 1 fully saturated rings. The normalized spacial score (nSPS) is 17.3. The molecule has 0 N–H and O–H groups in total. The predicted octanol–water partition coefficient (Wildman–Crippen LogP) is 5.07. The van der Waals surface area contributed by atoms with Crippen molar-refractivity contribution in [2.24, 2.45) is 0 Å². The molecule has 1 aliphatic carbocycles. The second kappa shape index (κ2) is 7.19. The van der Waals surface area contributed by atoms with Crippen LogP contribution in [0.3, 0.4) is 0 Å². The molecule has 4 rings (SSSR count). The molecule has 2 aromatic rings. The molecule has 0 spiro atoms. The van der Waals surface area contributed by atoms with Gasteiger partial charge in [0.15, 0.2) is 0 Å². The van der Waals surface area contributed by atoms with E-state index in [2.05, 4.69) is 16.7 Å². The Morgan fingerprint density at radius 1 is 1.26 bits per heavy atom. The molecule has 3 nitrogen and oxygen atoms in total. The van der Waals surface area contributed by atoms with Crippen LogP contribution >= 0.6 is 0 Å². The van der Waals surface area contributed by atoms with Gasteiger partial charge in [-0.25, -0.2) is 8.78 Å². The highest BCUT2D eigenvalue weighted by atomic mass is 19.1. The minimum atomic E-state index is -0.831. The van der Waals surface area contributed by atoms with E-state index >= 15 is 0 Å². The van der Waals surface area contributed by atoms with Crippen molar-refractivity contribution in [3.05, 3.63) is 53.2 Å². The summed E-state index contributed by atoms with van der Waals surface area (Å²) in [4.78, 5) is 1.76. The lowest BCUT2D eigenvalue weighted by molar-refractivity contribution is 0.210. The molecule has 2 heterocycles. The Kier molecular flexibility index (Phi) is 4.73. The Morgan fingerprint density at radius 2 is 2.04 bits per heavy atom. The molecule has 0 saturated heterocycles. The molecule has 0 atom stereocenters. The van der Waals surface area contributed by atoms with Crippen LogP contribution in [0.15, 0.2) is 36.4 Å². The third kappa shape index (κ3) is 2.84. The maximum atomic E-state index is 13.5. The maximum Gasteiger partial charge on any atom is 0.112 e. The first kappa shape index (κ1) is 17.8. The molecular weight excluding hydrogens is 344 g/mol. The molecule has 5 heteroatoms. The summed E-state index contributed by atoms with van der Waals surface area (Å²) in [6.07, 6.45) is 8.99. The standard InChI is InChI=1S/C22H23F2N3/c1-15-8-9-18-19(14-25)22(27(21(18)11-15)16-5-4-6-16)20-7-2-3-10-26(20)17(12-23)13-24/h2-3,7-9,11,16-17H,4-6,10,12-13H2,1H3. The summed E-state index contributed by atoms with van der Waals surface area (Å²) in [7, 11) is 0. The van der Waals surface area contributed by atoms with Gasteiger partial charge in [-0.2, -0.15) is 5.26 Å². The van der Waals surface area contributed by atoms with Crippen LogP contribution in [0.4, 0.5) is 8.78 Å². The monoisotopic (exact) mass is 367 g/mol. The Labute approximate surface area is 158 Å². The fourth-order valence-corrected chi connectivity index (χ4v) is 4.11. The van der Waals surface area contributed by atoms with Crippen LogP contribution < -0.4 is 0 Å². The van der Waals surface area contributed by atoms with Crippen molar-refractivity contribution in [3.8, 4) is 6.07 Å². The van der Waals surface area contributed by atoms with Crippen LogP contribution in [-0.4, -0.2) is 35.4 Å². The van der Waals surface area contributed by atoms with Crippen molar-refractivity contribution < 1.29 is 8.78 Å². The first-order valence-corrected chi connectivity index (χ1v) is 9.50. The van der Waals surface area contributed by atoms with E-state index in [1.807, 2.05) is 37.3 Å². The fourth-order valence-electron chi connectivity index (χ4n) is 4.11. The first-order chi connectivity index (χ1) is 13.2. The summed E-state index contributed by atoms with van der Waals surface area (Å²) in [5, 5.41) is 10.9. The van der Waals surface area contributed by atoms with Crippen LogP contribution in [0.1, 0.15) is 42.1 Å². The Bertz CT molecular complexity index is 956. The molecule has 0 unspecified atom stereocenters. The molecule has 2 aliphatic rings. The molecule has 140 valence electrons. The van der Waals surface area contributed by atoms with Crippen molar-refractivity contribution in [2.75, 3.05) is 19.9 Å². The zero-order valence-electron chi connectivity index (χ0n) is 15.5. The second-order valence-electron chi connectivity index (χ2n) is 7.41. The van der Waals surface area contributed by atoms with Gasteiger partial charge in [0.1, 0.15) is 19.4 Å². The van der Waals surface area contributed by atoms with Gasteiger partial charge >= 0.3 is 0 Å². The van der Waals surface area contributed by atoms with Crippen LogP contribution in [-0.2, 0) is 0 Å². The maximum absolute atomic E-state index is 13.5. The zero-order valence-corrected chi connectivity index (χ0v) is 15.5. The second-order valence-corrected chi connectivity index (χ2v) is 7.41. The molecule has 27 heavy (non-hydrogen) atoms. The van der Waals surface area contributed by atoms with E-state index in [-0.39, 0.29) is 0 Å². The summed E-state index contributed by atoms with van der Waals surface area (Å²) < 4.78 is 29.3. The number of aryl methyl sites for hydroxylation is 1. The quantitative estimate of drug-likeness (QED) is 0.739. The molecular formula is C22H23F2N3. The third-order valence-electron chi connectivity index (χ3n) is 5.75. The minimum Gasteiger partial charge on any atom is -0.358 e. The van der Waals surface area contributed by atoms with Gasteiger partial charge < -0.3 is 9.47 Å². The van der Waals surface area contributed by atoms with Gasteiger partial charge in [0.25, 0.3) is 0 Å². The lowest BCUT2D eigenvalue weighted by Crippen LogP contribution is -2.39. The van der Waals surface area contributed by atoms with Gasteiger partial charge in [-0.1, -0.05) is 24.3 Å². The largest absolute Gasteiger partial charge is 0.358 e. The van der Waals surface area contributed by atoms with Gasteiger partial charge in [0.05, 0.1) is 28.5 Å². The summed E-state index contributed by atoms with van der Waals surface area (Å²) in [5.74, 6) is 0. The SMILES string of the molecule is Cc1ccc2c(C#N)c(C3=CC=CCN3C(CF)CF)n(C3CCC3)c2c1. The molecule has 1 aromatic heterocycles. The predicted molar refractivity (Wildman–Crippen MR) is 104 cm³/mol. The lowest BCUT2D eigenvalue weighted by atomic mass is 9.92. The summed E-state index contributed by atoms with van der Waals surface area (Å²) in [5.41, 5.74) is 4.32. The number of rotatable bonds is 5. The minimum absolute atomic E-state index is 0.328. The third-order valence-corrected chi connectivity index (χ3v) is 5.75. The number of benzene rings is 1. The van der Waals surface area contributed by atoms with E-state index < -0.39 is 19.4 Å². The number of alkyl halides is 2. The van der Waals surface area contributed by atoms with Crippen LogP contribution in [0.2, 0.25) is 0 Å². The van der Waals surface area contributed by atoms with E-state index in [4.69, 9.17) is 0 Å². The van der Waals surface area contributed by atoms with Crippen molar-refractivity contribution in [1.82, 2.24) is 9.47 Å². The van der Waals surface area contributed by atoms with Gasteiger partial charge in [-0.3, -0.25) is 0 Å². The number of fused-ring (bicyclic) bond motifs is 1. The Morgan fingerprint density at radius 3 is 2.67 bits per heavy atom. The number of nitrogens with zero attached hydrogens (tertiary/aromatic N) is 3. The van der Waals surface area contributed by atoms with E-state index in [0.29, 0.717) is 18.2 Å². The highest BCUT2D eigenvalue weighted by Crippen LogP contribution is 2.42. The van der Waals surface area contributed by atoms with Gasteiger partial charge in [-0.05, 0) is 43.9 Å². The number of allylic oxidation sites excluding steroid dienone is 2. The van der Waals surface area contributed by atoms with E-state index in [9.17, 15) is 14.0 Å². The smallest absolute Gasteiger partial charge is 0.112 e. The van der Waals surface area contributed by atoms with E-state index in [1.165, 1.54) is 0 Å². The van der Waals surface area contributed by atoms with Crippen molar-refractivity contribution in [1.29, 1.82) is 5.26 Å². The van der Waals surface area contributed by atoms with Crippen LogP contribution in [0.5, 0.6) is 0 Å². The number of hydrogen-bond donors (Lipinski definition) is 0. The molecule has 1 saturated carbocycles. The Balaban J connectivity index is 1.98. The number of halogens is 2. The van der Waals surface area contributed by atoms with Crippen molar-refractivity contribution >= 4 is 16.6 Å². The summed E-state index contributed by atoms with van der Waals surface area (Å²) >= 11 is 0. The zero-order chi connectivity index (χ0) is 19.0. The topological polar surface area (TPSA) is 32.0 Å². The van der Waals surface area contributed by atoms with Crippen LogP contribution in [0.25, 0.3) is 16.6 Å². The first-order valence-electron chi connectivity index (χ1n) is 9.50. The summed E-state index contributed by atoms with van der Waals surface area (Å²) in [6, 6.07) is 7.99. The van der Waals surface area contributed by atoms with Gasteiger partial charge in [0, 0.05) is 18.0 Å². The lowest BCUT2D eigenvalue weighted by Gasteiger charge is -2.36. The molecule has 0 amide bonds. The molecule has 0 bridgehead atoms. The van der Waals surface area contributed by atoms with E-state index in [0.717, 1.165) is 47.1 Å². The average Bonchev–Trinajstić information content (AvgIpc) is 2.95. The fraction of sp³-hybridized carbons (Fsp3) is 0.409. The summed E-state index contributed by atoms with van der Waals surface area (Å²) in [6.45, 7) is 0.972.